The molecule has 0 radical (unpaired) electrons. The van der Waals surface area contributed by atoms with Gasteiger partial charge in [-0.1, -0.05) is 32.4 Å². The third-order valence-corrected chi connectivity index (χ3v) is 4.18. The van der Waals surface area contributed by atoms with Crippen LogP contribution in [0.4, 0.5) is 10.5 Å². The van der Waals surface area contributed by atoms with Crippen molar-refractivity contribution < 1.29 is 24.4 Å². The maximum absolute atomic E-state index is 12.2. The van der Waals surface area contributed by atoms with E-state index in [9.17, 15) is 24.4 Å². The third-order valence-electron chi connectivity index (χ3n) is 4.18. The summed E-state index contributed by atoms with van der Waals surface area (Å²) in [6.07, 6.45) is 1.54. The molecule has 0 saturated carbocycles. The van der Waals surface area contributed by atoms with Crippen molar-refractivity contribution in [2.45, 2.75) is 52.5 Å². The lowest BCUT2D eigenvalue weighted by molar-refractivity contribution is -0.153. The minimum atomic E-state index is -1.05. The predicted molar refractivity (Wildman–Crippen MR) is 108 cm³/mol. The van der Waals surface area contributed by atoms with Gasteiger partial charge < -0.3 is 16.0 Å². The highest BCUT2D eigenvalue weighted by atomic mass is 16.5. The van der Waals surface area contributed by atoms with Gasteiger partial charge in [0.05, 0.1) is 0 Å². The Hall–Kier alpha value is -2.94. The average molecular weight is 406 g/mol. The summed E-state index contributed by atoms with van der Waals surface area (Å²) in [4.78, 5) is 47.4. The number of nitrogens with zero attached hydrogens (tertiary/aromatic N) is 1. The summed E-state index contributed by atoms with van der Waals surface area (Å²) in [7, 11) is 1.43. The SMILES string of the molecule is CNC(=O)[C@H](Cc1ccc(NC(C)=O)cc1)NC(=O)N(O)C(=O)CCCC(C)C. The number of rotatable bonds is 9. The minimum absolute atomic E-state index is 0.0240. The van der Waals surface area contributed by atoms with Gasteiger partial charge in [0.15, 0.2) is 0 Å². The number of hydrogen-bond acceptors (Lipinski definition) is 5. The molecule has 29 heavy (non-hydrogen) atoms. The fourth-order valence-electron chi connectivity index (χ4n) is 2.64. The molecule has 1 atom stereocenters. The van der Waals surface area contributed by atoms with Gasteiger partial charge in [-0.15, -0.1) is 5.06 Å². The molecule has 9 heteroatoms. The van der Waals surface area contributed by atoms with E-state index in [1.165, 1.54) is 14.0 Å². The number of benzene rings is 1. The number of anilines is 1. The average Bonchev–Trinajstić information content (AvgIpc) is 2.66. The molecule has 0 heterocycles. The summed E-state index contributed by atoms with van der Waals surface area (Å²) in [6, 6.07) is 4.73. The largest absolute Gasteiger partial charge is 0.357 e. The quantitative estimate of drug-likeness (QED) is 0.369. The first-order valence-corrected chi connectivity index (χ1v) is 9.54. The number of nitrogens with one attached hydrogen (secondary N) is 3. The van der Waals surface area contributed by atoms with Gasteiger partial charge in [-0.2, -0.15) is 0 Å². The molecule has 0 fully saturated rings. The van der Waals surface area contributed by atoms with E-state index < -0.39 is 23.9 Å². The molecule has 0 aliphatic carbocycles. The van der Waals surface area contributed by atoms with Gasteiger partial charge in [0.1, 0.15) is 6.04 Å². The van der Waals surface area contributed by atoms with E-state index in [4.69, 9.17) is 0 Å². The number of amides is 5. The van der Waals surface area contributed by atoms with Crippen LogP contribution in [0.5, 0.6) is 0 Å². The van der Waals surface area contributed by atoms with Crippen molar-refractivity contribution in [1.82, 2.24) is 15.7 Å². The molecule has 0 unspecified atom stereocenters. The fraction of sp³-hybridized carbons (Fsp3) is 0.500. The van der Waals surface area contributed by atoms with E-state index in [0.29, 0.717) is 18.0 Å². The summed E-state index contributed by atoms with van der Waals surface area (Å²) < 4.78 is 0. The standard InChI is InChI=1S/C20H30N4O5/c1-13(2)6-5-7-18(26)24(29)20(28)23-17(19(27)21-4)12-15-8-10-16(11-9-15)22-14(3)25/h8-11,13,17,29H,5-7,12H2,1-4H3,(H,21,27)(H,22,25)(H,23,28)/t17-/m0/s1. The molecule has 5 amide bonds. The number of likely N-dealkylation sites (N-methyl/N-ethyl adjacent to an activating group) is 1. The first-order chi connectivity index (χ1) is 13.6. The van der Waals surface area contributed by atoms with Crippen molar-refractivity contribution in [3.63, 3.8) is 0 Å². The molecule has 160 valence electrons. The van der Waals surface area contributed by atoms with Crippen LogP contribution < -0.4 is 16.0 Å². The van der Waals surface area contributed by atoms with Gasteiger partial charge in [-0.25, -0.2) is 4.79 Å². The van der Waals surface area contributed by atoms with Crippen LogP contribution in [0.2, 0.25) is 0 Å². The second kappa shape index (κ2) is 11.8. The Bertz CT molecular complexity index is 718. The van der Waals surface area contributed by atoms with Crippen molar-refractivity contribution in [3.05, 3.63) is 29.8 Å². The van der Waals surface area contributed by atoms with E-state index in [0.717, 1.165) is 12.0 Å². The number of imide groups is 1. The van der Waals surface area contributed by atoms with Crippen molar-refractivity contribution in [2.75, 3.05) is 12.4 Å². The van der Waals surface area contributed by atoms with E-state index in [1.807, 2.05) is 13.8 Å². The predicted octanol–water partition coefficient (Wildman–Crippen LogP) is 2.06. The van der Waals surface area contributed by atoms with Crippen LogP contribution in [0.25, 0.3) is 0 Å². The van der Waals surface area contributed by atoms with Crippen LogP contribution in [-0.2, 0) is 20.8 Å². The van der Waals surface area contributed by atoms with Crippen LogP contribution in [0, 0.1) is 5.92 Å². The number of carbonyl (C=O) groups excluding carboxylic acids is 4. The van der Waals surface area contributed by atoms with E-state index in [1.54, 1.807) is 24.3 Å². The first kappa shape index (κ1) is 24.1. The molecule has 1 rings (SSSR count). The lowest BCUT2D eigenvalue weighted by Gasteiger charge is -2.20. The van der Waals surface area contributed by atoms with Crippen LogP contribution in [-0.4, -0.2) is 47.1 Å². The van der Waals surface area contributed by atoms with Crippen molar-refractivity contribution >= 4 is 29.4 Å². The summed E-state index contributed by atoms with van der Waals surface area (Å²) >= 11 is 0. The van der Waals surface area contributed by atoms with Crippen LogP contribution >= 0.6 is 0 Å². The second-order valence-electron chi connectivity index (χ2n) is 7.19. The summed E-state index contributed by atoms with van der Waals surface area (Å²) in [5, 5.41) is 17.3. The van der Waals surface area contributed by atoms with Crippen LogP contribution in [0.15, 0.2) is 24.3 Å². The van der Waals surface area contributed by atoms with Crippen LogP contribution in [0.1, 0.15) is 45.6 Å². The lowest BCUT2D eigenvalue weighted by atomic mass is 10.0. The van der Waals surface area contributed by atoms with E-state index in [-0.39, 0.29) is 23.8 Å². The van der Waals surface area contributed by atoms with E-state index in [2.05, 4.69) is 16.0 Å². The van der Waals surface area contributed by atoms with Gasteiger partial charge >= 0.3 is 6.03 Å². The zero-order valence-electron chi connectivity index (χ0n) is 17.3. The molecular weight excluding hydrogens is 376 g/mol. The topological polar surface area (TPSA) is 128 Å². The molecule has 0 spiro atoms. The molecular formula is C20H30N4O5. The number of hydroxylamine groups is 2. The Morgan fingerprint density at radius 2 is 1.72 bits per heavy atom. The van der Waals surface area contributed by atoms with Crippen molar-refractivity contribution in [1.29, 1.82) is 0 Å². The highest BCUT2D eigenvalue weighted by Crippen LogP contribution is 2.12. The zero-order valence-corrected chi connectivity index (χ0v) is 17.3. The van der Waals surface area contributed by atoms with Gasteiger partial charge in [-0.3, -0.25) is 19.6 Å². The number of hydrogen-bond donors (Lipinski definition) is 4. The summed E-state index contributed by atoms with van der Waals surface area (Å²) in [5.41, 5.74) is 1.33. The Balaban J connectivity index is 2.73. The Morgan fingerprint density at radius 3 is 2.24 bits per heavy atom. The highest BCUT2D eigenvalue weighted by molar-refractivity contribution is 5.95. The van der Waals surface area contributed by atoms with Crippen molar-refractivity contribution in [3.8, 4) is 0 Å². The van der Waals surface area contributed by atoms with Gasteiger partial charge in [-0.05, 0) is 30.0 Å². The minimum Gasteiger partial charge on any atom is -0.357 e. The number of carbonyl (C=O) groups is 4. The molecule has 1 aromatic carbocycles. The lowest BCUT2D eigenvalue weighted by Crippen LogP contribution is -2.52. The molecule has 9 nitrogen and oxygen atoms in total. The summed E-state index contributed by atoms with van der Waals surface area (Å²) in [5.74, 6) is -0.976. The second-order valence-corrected chi connectivity index (χ2v) is 7.19. The molecule has 0 aromatic heterocycles. The first-order valence-electron chi connectivity index (χ1n) is 9.54. The van der Waals surface area contributed by atoms with E-state index >= 15 is 0 Å². The summed E-state index contributed by atoms with van der Waals surface area (Å²) in [6.45, 7) is 5.44. The smallest absolute Gasteiger partial charge is 0.349 e. The molecule has 1 aromatic rings. The van der Waals surface area contributed by atoms with Crippen molar-refractivity contribution in [2.24, 2.45) is 5.92 Å². The molecule has 4 N–H and O–H groups in total. The van der Waals surface area contributed by atoms with Gasteiger partial charge in [0.2, 0.25) is 11.8 Å². The number of urea groups is 1. The monoisotopic (exact) mass is 406 g/mol. The fourth-order valence-corrected chi connectivity index (χ4v) is 2.64. The maximum atomic E-state index is 12.2. The normalized spacial score (nSPS) is 11.5. The third kappa shape index (κ3) is 8.73. The zero-order chi connectivity index (χ0) is 22.0. The maximum Gasteiger partial charge on any atom is 0.349 e. The van der Waals surface area contributed by atoms with Gasteiger partial charge in [0, 0.05) is 32.5 Å². The van der Waals surface area contributed by atoms with Gasteiger partial charge in [0.25, 0.3) is 5.91 Å². The Kier molecular flexibility index (Phi) is 9.81. The molecule has 0 aliphatic heterocycles. The highest BCUT2D eigenvalue weighted by Gasteiger charge is 2.26. The molecule has 0 saturated heterocycles. The Labute approximate surface area is 170 Å². The molecule has 0 bridgehead atoms. The molecule has 0 aliphatic rings. The van der Waals surface area contributed by atoms with Crippen LogP contribution in [0.3, 0.4) is 0 Å². The Morgan fingerprint density at radius 1 is 1.10 bits per heavy atom.